The predicted octanol–water partition coefficient (Wildman–Crippen LogP) is 12.4. The van der Waals surface area contributed by atoms with Gasteiger partial charge >= 0.3 is 24.7 Å². The van der Waals surface area contributed by atoms with Gasteiger partial charge in [-0.05, 0) is 111 Å². The molecule has 0 saturated heterocycles. The second kappa shape index (κ2) is 15.3. The summed E-state index contributed by atoms with van der Waals surface area (Å²) in [6.07, 6.45) is -19.9. The van der Waals surface area contributed by atoms with Crippen LogP contribution in [0.1, 0.15) is 66.6 Å². The summed E-state index contributed by atoms with van der Waals surface area (Å²) >= 11 is 5.24. The summed E-state index contributed by atoms with van der Waals surface area (Å²) in [5.74, 6) is -0.652. The minimum absolute atomic E-state index is 0.00170. The minimum atomic E-state index is -5.00. The lowest BCUT2D eigenvalue weighted by Crippen LogP contribution is -2.42. The molecule has 0 unspecified atom stereocenters. The van der Waals surface area contributed by atoms with Crippen molar-refractivity contribution in [3.8, 4) is 11.1 Å². The van der Waals surface area contributed by atoms with Gasteiger partial charge in [0.15, 0.2) is 0 Å². The highest BCUT2D eigenvalue weighted by atomic mass is 35.5. The highest BCUT2D eigenvalue weighted by molar-refractivity contribution is 6.65. The van der Waals surface area contributed by atoms with Gasteiger partial charge in [-0.25, -0.2) is 0 Å². The van der Waals surface area contributed by atoms with E-state index in [1.54, 1.807) is 24.3 Å². The van der Waals surface area contributed by atoms with Crippen LogP contribution in [0.15, 0.2) is 84.9 Å². The molecule has 4 aromatic carbocycles. The van der Waals surface area contributed by atoms with Crippen molar-refractivity contribution in [3.05, 3.63) is 124 Å². The fraction of sp³-hybridized carbons (Fsp3) is 0.316. The number of hydrogen-bond donors (Lipinski definition) is 0. The molecule has 0 saturated carbocycles. The van der Waals surface area contributed by atoms with Crippen LogP contribution in [0.5, 0.6) is 0 Å². The molecular formula is C38H32ClF12NO2. The normalized spacial score (nSPS) is 12.9. The maximum Gasteiger partial charge on any atom is 0.416 e. The number of nitrogens with zero attached hydrogens (tertiary/aromatic N) is 1. The third-order valence-corrected chi connectivity index (χ3v) is 9.12. The van der Waals surface area contributed by atoms with Crippen molar-refractivity contribution in [1.29, 1.82) is 0 Å². The number of carbonyl (C=O) groups is 2. The Hall–Kier alpha value is -4.53. The van der Waals surface area contributed by atoms with Crippen molar-refractivity contribution in [3.63, 3.8) is 0 Å². The molecule has 54 heavy (non-hydrogen) atoms. The maximum absolute atomic E-state index is 13.5. The van der Waals surface area contributed by atoms with Gasteiger partial charge in [-0.1, -0.05) is 42.5 Å². The van der Waals surface area contributed by atoms with Gasteiger partial charge in [0, 0.05) is 12.6 Å². The highest BCUT2D eigenvalue weighted by Crippen LogP contribution is 2.42. The zero-order chi connectivity index (χ0) is 41.4. The number of rotatable bonds is 6. The Morgan fingerprint density at radius 2 is 0.815 bits per heavy atom. The summed E-state index contributed by atoms with van der Waals surface area (Å²) in [4.78, 5) is 26.0. The molecule has 0 aliphatic heterocycles. The summed E-state index contributed by atoms with van der Waals surface area (Å²) in [7, 11) is 1.46. The van der Waals surface area contributed by atoms with E-state index in [-0.39, 0.29) is 17.7 Å². The first-order valence-electron chi connectivity index (χ1n) is 15.6. The van der Waals surface area contributed by atoms with Crippen molar-refractivity contribution >= 4 is 28.4 Å². The zero-order valence-corrected chi connectivity index (χ0v) is 30.0. The van der Waals surface area contributed by atoms with E-state index < -0.39 is 74.5 Å². The molecule has 0 spiro atoms. The molecule has 0 bridgehead atoms. The maximum atomic E-state index is 13.5. The highest BCUT2D eigenvalue weighted by Gasteiger charge is 2.42. The van der Waals surface area contributed by atoms with Crippen LogP contribution >= 0.6 is 11.6 Å². The van der Waals surface area contributed by atoms with E-state index in [4.69, 9.17) is 11.6 Å². The van der Waals surface area contributed by atoms with E-state index in [2.05, 4.69) is 0 Å². The van der Waals surface area contributed by atoms with Crippen molar-refractivity contribution in [1.82, 2.24) is 0 Å². The molecular weight excluding hydrogens is 766 g/mol. The molecule has 16 heteroatoms. The van der Waals surface area contributed by atoms with Crippen molar-refractivity contribution in [2.24, 2.45) is 0 Å². The lowest BCUT2D eigenvalue weighted by Gasteiger charge is -2.32. The minimum Gasteiger partial charge on any atom is -0.314 e. The number of aryl methyl sites for hydroxylation is 1. The quantitative estimate of drug-likeness (QED) is 0.144. The molecule has 3 nitrogen and oxygen atoms in total. The van der Waals surface area contributed by atoms with Crippen LogP contribution in [0, 0.1) is 6.92 Å². The van der Waals surface area contributed by atoms with Gasteiger partial charge in [-0.2, -0.15) is 52.7 Å². The van der Waals surface area contributed by atoms with E-state index in [9.17, 15) is 62.3 Å². The monoisotopic (exact) mass is 797 g/mol. The van der Waals surface area contributed by atoms with Crippen LogP contribution in [0.3, 0.4) is 0 Å². The van der Waals surface area contributed by atoms with Gasteiger partial charge in [0.25, 0.3) is 0 Å². The summed E-state index contributed by atoms with van der Waals surface area (Å²) in [5, 5.41) is -1.05. The number of benzene rings is 4. The Kier molecular flexibility index (Phi) is 12.4. The first-order chi connectivity index (χ1) is 24.4. The standard InChI is InChI=1S/C26H23F6NO.C12H9ClF6O/c1-16-9-5-6-10-20(16)21-11-7-8-12-22(21)33(4)23(34)24(2,3)17-13-18(25(27,28)29)15-19(14-17)26(30,31)32;1-10(2,9(13)20)6-3-7(11(14,15)16)5-8(4-6)12(17,18)19/h5-15H,1-4H3;3-5H,1-2H3. The van der Waals surface area contributed by atoms with Crippen molar-refractivity contribution in [2.45, 2.75) is 70.2 Å². The number of alkyl halides is 12. The predicted molar refractivity (Wildman–Crippen MR) is 180 cm³/mol. The number of halogens is 13. The van der Waals surface area contributed by atoms with Crippen LogP contribution in [0.4, 0.5) is 58.4 Å². The molecule has 0 N–H and O–H groups in total. The SMILES string of the molecule is CC(C)(C(=O)Cl)c1cc(C(F)(F)F)cc(C(F)(F)F)c1.Cc1ccccc1-c1ccccc1N(C)C(=O)C(C)(C)c1cc(C(F)(F)F)cc(C(F)(F)F)c1. The average Bonchev–Trinajstić information content (AvgIpc) is 3.06. The van der Waals surface area contributed by atoms with Crippen LogP contribution in [-0.2, 0) is 45.1 Å². The fourth-order valence-electron chi connectivity index (χ4n) is 5.27. The number of amides is 1. The first-order valence-corrected chi connectivity index (χ1v) is 16.0. The van der Waals surface area contributed by atoms with E-state index in [1.165, 1.54) is 25.8 Å². The van der Waals surface area contributed by atoms with Crippen molar-refractivity contribution in [2.75, 3.05) is 11.9 Å². The Morgan fingerprint density at radius 1 is 0.500 bits per heavy atom. The Balaban J connectivity index is 0.000000334. The molecule has 1 amide bonds. The third-order valence-electron chi connectivity index (χ3n) is 8.65. The van der Waals surface area contributed by atoms with Gasteiger partial charge < -0.3 is 4.90 Å². The number of carbonyl (C=O) groups excluding carboxylic acids is 2. The molecule has 0 radical (unpaired) electrons. The van der Waals surface area contributed by atoms with Crippen LogP contribution in [0.2, 0.25) is 0 Å². The summed E-state index contributed by atoms with van der Waals surface area (Å²) in [5.41, 5.74) is -7.04. The molecule has 4 aromatic rings. The van der Waals surface area contributed by atoms with E-state index in [0.717, 1.165) is 25.0 Å². The number of para-hydroxylation sites is 1. The Bertz CT molecular complexity index is 1940. The summed E-state index contributed by atoms with van der Waals surface area (Å²) in [6, 6.07) is 16.7. The van der Waals surface area contributed by atoms with Crippen LogP contribution < -0.4 is 4.90 Å². The van der Waals surface area contributed by atoms with Crippen molar-refractivity contribution < 1.29 is 62.3 Å². The molecule has 0 atom stereocenters. The second-order valence-corrected chi connectivity index (χ2v) is 13.7. The van der Waals surface area contributed by atoms with Crippen LogP contribution in [0.25, 0.3) is 11.1 Å². The number of hydrogen-bond acceptors (Lipinski definition) is 2. The Labute approximate surface area is 307 Å². The van der Waals surface area contributed by atoms with E-state index in [1.807, 2.05) is 31.2 Å². The smallest absolute Gasteiger partial charge is 0.314 e. The molecule has 0 aliphatic carbocycles. The van der Waals surface area contributed by atoms with Gasteiger partial charge in [-0.15, -0.1) is 0 Å². The van der Waals surface area contributed by atoms with Crippen LogP contribution in [-0.4, -0.2) is 18.2 Å². The van der Waals surface area contributed by atoms with Gasteiger partial charge in [0.05, 0.1) is 38.8 Å². The van der Waals surface area contributed by atoms with E-state index in [0.29, 0.717) is 35.5 Å². The van der Waals surface area contributed by atoms with E-state index >= 15 is 0 Å². The summed E-state index contributed by atoms with van der Waals surface area (Å²) < 4.78 is 156. The molecule has 292 valence electrons. The topological polar surface area (TPSA) is 37.4 Å². The molecule has 0 aromatic heterocycles. The molecule has 0 fully saturated rings. The van der Waals surface area contributed by atoms with Gasteiger partial charge in [0.1, 0.15) is 0 Å². The van der Waals surface area contributed by atoms with Gasteiger partial charge in [0.2, 0.25) is 11.1 Å². The lowest BCUT2D eigenvalue weighted by atomic mass is 9.81. The molecule has 4 rings (SSSR count). The lowest BCUT2D eigenvalue weighted by molar-refractivity contribution is -0.144. The van der Waals surface area contributed by atoms with Gasteiger partial charge in [-0.3, -0.25) is 9.59 Å². The number of anilines is 1. The second-order valence-electron chi connectivity index (χ2n) is 13.3. The third kappa shape index (κ3) is 9.96. The largest absolute Gasteiger partial charge is 0.416 e. The molecule has 0 aliphatic rings. The summed E-state index contributed by atoms with van der Waals surface area (Å²) in [6.45, 7) is 6.84. The fourth-order valence-corrected chi connectivity index (χ4v) is 5.38. The Morgan fingerprint density at radius 3 is 1.17 bits per heavy atom. The molecule has 0 heterocycles. The first kappa shape index (κ1) is 43.9. The average molecular weight is 798 g/mol. The zero-order valence-electron chi connectivity index (χ0n) is 29.3. The number of likely N-dealkylation sites (N-methyl/N-ethyl adjacent to an activating group) is 1.